The Labute approximate surface area is 112 Å². The quantitative estimate of drug-likeness (QED) is 0.710. The fourth-order valence-electron chi connectivity index (χ4n) is 1.72. The van der Waals surface area contributed by atoms with Crippen molar-refractivity contribution in [1.82, 2.24) is 15.1 Å². The van der Waals surface area contributed by atoms with Gasteiger partial charge in [-0.2, -0.15) is 0 Å². The van der Waals surface area contributed by atoms with Gasteiger partial charge in [0.15, 0.2) is 0 Å². The van der Waals surface area contributed by atoms with E-state index in [4.69, 9.17) is 5.11 Å². The molecule has 7 nitrogen and oxygen atoms in total. The summed E-state index contributed by atoms with van der Waals surface area (Å²) in [5.41, 5.74) is 0. The van der Waals surface area contributed by atoms with Gasteiger partial charge in [0.2, 0.25) is 5.91 Å². The third-order valence-corrected chi connectivity index (χ3v) is 2.94. The summed E-state index contributed by atoms with van der Waals surface area (Å²) in [6, 6.07) is -1.17. The lowest BCUT2D eigenvalue weighted by molar-refractivity contribution is -0.137. The van der Waals surface area contributed by atoms with Gasteiger partial charge in [0.1, 0.15) is 12.6 Å². The molecule has 7 heteroatoms. The molecule has 0 aromatic carbocycles. The van der Waals surface area contributed by atoms with Crippen LogP contribution in [-0.4, -0.2) is 66.0 Å². The Balaban J connectivity index is 2.54. The second-order valence-corrected chi connectivity index (χ2v) is 5.12. The van der Waals surface area contributed by atoms with E-state index in [1.807, 2.05) is 0 Å². The van der Waals surface area contributed by atoms with Gasteiger partial charge in [-0.3, -0.25) is 9.59 Å². The van der Waals surface area contributed by atoms with Crippen LogP contribution in [0.2, 0.25) is 0 Å². The molecule has 0 aromatic rings. The number of amides is 3. The smallest absolute Gasteiger partial charge is 0.323 e. The predicted molar refractivity (Wildman–Crippen MR) is 68.6 cm³/mol. The highest BCUT2D eigenvalue weighted by Gasteiger charge is 2.29. The lowest BCUT2D eigenvalue weighted by Gasteiger charge is -2.24. The molecule has 1 rings (SSSR count). The molecule has 0 saturated heterocycles. The molecule has 1 atom stereocenters. The van der Waals surface area contributed by atoms with Crippen molar-refractivity contribution in [1.29, 1.82) is 0 Å². The van der Waals surface area contributed by atoms with E-state index in [-0.39, 0.29) is 12.5 Å². The Morgan fingerprint density at radius 1 is 1.32 bits per heavy atom. The minimum Gasteiger partial charge on any atom is -0.480 e. The van der Waals surface area contributed by atoms with Crippen LogP contribution in [-0.2, 0) is 9.59 Å². The number of nitrogens with zero attached hydrogens (tertiary/aromatic N) is 2. The minimum absolute atomic E-state index is 0.227. The molecule has 0 spiro atoms. The molecular weight excluding hydrogens is 250 g/mol. The maximum atomic E-state index is 12.0. The van der Waals surface area contributed by atoms with Gasteiger partial charge in [0.25, 0.3) is 0 Å². The largest absolute Gasteiger partial charge is 0.480 e. The molecule has 0 heterocycles. The first kappa shape index (κ1) is 15.3. The number of hydrogen-bond donors (Lipinski definition) is 2. The summed E-state index contributed by atoms with van der Waals surface area (Å²) < 4.78 is 0. The zero-order valence-corrected chi connectivity index (χ0v) is 11.5. The van der Waals surface area contributed by atoms with Crippen molar-refractivity contribution >= 4 is 17.9 Å². The molecule has 0 aliphatic heterocycles. The van der Waals surface area contributed by atoms with Gasteiger partial charge >= 0.3 is 12.0 Å². The fraction of sp³-hybridized carbons (Fsp3) is 0.750. The third-order valence-electron chi connectivity index (χ3n) is 2.94. The molecular formula is C12H21N3O4. The molecule has 1 aliphatic rings. The zero-order valence-electron chi connectivity index (χ0n) is 11.5. The van der Waals surface area contributed by atoms with Crippen LogP contribution in [0.4, 0.5) is 4.79 Å². The van der Waals surface area contributed by atoms with Crippen molar-refractivity contribution in [2.75, 3.05) is 27.2 Å². The summed E-state index contributed by atoms with van der Waals surface area (Å²) in [6.07, 6.45) is 2.05. The van der Waals surface area contributed by atoms with Gasteiger partial charge in [-0.25, -0.2) is 4.79 Å². The first-order valence-electron chi connectivity index (χ1n) is 6.29. The molecule has 1 saturated carbocycles. The zero-order chi connectivity index (χ0) is 14.6. The van der Waals surface area contributed by atoms with Crippen molar-refractivity contribution < 1.29 is 19.5 Å². The number of carbonyl (C=O) groups excluding carboxylic acids is 2. The summed E-state index contributed by atoms with van der Waals surface area (Å²) in [7, 11) is 3.20. The van der Waals surface area contributed by atoms with E-state index in [1.54, 1.807) is 21.0 Å². The van der Waals surface area contributed by atoms with Gasteiger partial charge in [-0.05, 0) is 25.7 Å². The Bertz CT molecular complexity index is 366. The van der Waals surface area contributed by atoms with Crippen LogP contribution in [0, 0.1) is 5.92 Å². The monoisotopic (exact) mass is 271 g/mol. The molecule has 2 N–H and O–H groups in total. The Hall–Kier alpha value is -1.79. The van der Waals surface area contributed by atoms with Gasteiger partial charge in [0.05, 0.1) is 0 Å². The van der Waals surface area contributed by atoms with Gasteiger partial charge in [-0.1, -0.05) is 0 Å². The lowest BCUT2D eigenvalue weighted by Crippen LogP contribution is -2.51. The molecule has 1 aliphatic carbocycles. The number of carboxylic acid groups (broad SMARTS) is 1. The highest BCUT2D eigenvalue weighted by atomic mass is 16.4. The van der Waals surface area contributed by atoms with E-state index in [9.17, 15) is 14.4 Å². The highest BCUT2D eigenvalue weighted by Crippen LogP contribution is 2.29. The highest BCUT2D eigenvalue weighted by molar-refractivity contribution is 5.87. The molecule has 108 valence electrons. The molecule has 0 aromatic heterocycles. The van der Waals surface area contributed by atoms with Crippen LogP contribution in [0.15, 0.2) is 0 Å². The van der Waals surface area contributed by atoms with Gasteiger partial charge in [-0.15, -0.1) is 0 Å². The van der Waals surface area contributed by atoms with Crippen LogP contribution in [0.5, 0.6) is 0 Å². The topological polar surface area (TPSA) is 90.0 Å². The van der Waals surface area contributed by atoms with E-state index < -0.39 is 18.0 Å². The number of likely N-dealkylation sites (N-methyl/N-ethyl adjacent to an activating group) is 1. The van der Waals surface area contributed by atoms with Crippen molar-refractivity contribution in [3.8, 4) is 0 Å². The average Bonchev–Trinajstić information content (AvgIpc) is 3.10. The fourth-order valence-corrected chi connectivity index (χ4v) is 1.72. The van der Waals surface area contributed by atoms with E-state index in [1.165, 1.54) is 9.80 Å². The maximum Gasteiger partial charge on any atom is 0.323 e. The number of nitrogens with one attached hydrogen (secondary N) is 1. The first-order valence-corrected chi connectivity index (χ1v) is 6.29. The predicted octanol–water partition coefficient (Wildman–Crippen LogP) is -0.0307. The maximum absolute atomic E-state index is 12.0. The van der Waals surface area contributed by atoms with Crippen LogP contribution in [0.1, 0.15) is 19.8 Å². The number of rotatable bonds is 6. The number of carbonyl (C=O) groups is 3. The molecule has 0 radical (unpaired) electrons. The molecule has 3 amide bonds. The van der Waals surface area contributed by atoms with E-state index >= 15 is 0 Å². The van der Waals surface area contributed by atoms with Crippen LogP contribution in [0.3, 0.4) is 0 Å². The average molecular weight is 271 g/mol. The standard InChI is InChI=1S/C12H21N3O4/c1-8(11(18)14(2)3)13-12(19)15(7-10(16)17)6-9-4-5-9/h8-9H,4-7H2,1-3H3,(H,13,19)(H,16,17). The van der Waals surface area contributed by atoms with Crippen molar-refractivity contribution in [3.63, 3.8) is 0 Å². The third kappa shape index (κ3) is 5.15. The first-order chi connectivity index (χ1) is 8.81. The molecule has 1 unspecified atom stereocenters. The Morgan fingerprint density at radius 3 is 2.32 bits per heavy atom. The van der Waals surface area contributed by atoms with Crippen molar-refractivity contribution in [2.24, 2.45) is 5.92 Å². The second-order valence-electron chi connectivity index (χ2n) is 5.12. The summed E-state index contributed by atoms with van der Waals surface area (Å²) >= 11 is 0. The molecule has 1 fully saturated rings. The second kappa shape index (κ2) is 6.40. The van der Waals surface area contributed by atoms with Crippen molar-refractivity contribution in [2.45, 2.75) is 25.8 Å². The summed E-state index contributed by atoms with van der Waals surface area (Å²) in [4.78, 5) is 37.0. The Kier molecular flexibility index (Phi) is 5.14. The van der Waals surface area contributed by atoms with Gasteiger partial charge < -0.3 is 20.2 Å². The summed E-state index contributed by atoms with van der Waals surface area (Å²) in [5, 5.41) is 11.3. The van der Waals surface area contributed by atoms with Crippen LogP contribution in [0.25, 0.3) is 0 Å². The molecule has 0 bridgehead atoms. The lowest BCUT2D eigenvalue weighted by atomic mass is 10.3. The van der Waals surface area contributed by atoms with E-state index in [2.05, 4.69) is 5.32 Å². The van der Waals surface area contributed by atoms with Crippen LogP contribution >= 0.6 is 0 Å². The summed E-state index contributed by atoms with van der Waals surface area (Å²) in [6.45, 7) is 1.67. The number of urea groups is 1. The van der Waals surface area contributed by atoms with E-state index in [0.29, 0.717) is 12.5 Å². The number of aliphatic carboxylic acids is 1. The van der Waals surface area contributed by atoms with E-state index in [0.717, 1.165) is 12.8 Å². The van der Waals surface area contributed by atoms with Crippen molar-refractivity contribution in [3.05, 3.63) is 0 Å². The number of hydrogen-bond acceptors (Lipinski definition) is 3. The SMILES string of the molecule is CC(NC(=O)N(CC(=O)O)CC1CC1)C(=O)N(C)C. The normalized spacial score (nSPS) is 15.5. The van der Waals surface area contributed by atoms with Gasteiger partial charge in [0, 0.05) is 20.6 Å². The summed E-state index contributed by atoms with van der Waals surface area (Å²) in [5.74, 6) is -0.887. The Morgan fingerprint density at radius 2 is 1.89 bits per heavy atom. The minimum atomic E-state index is -1.05. The number of carboxylic acids is 1. The molecule has 19 heavy (non-hydrogen) atoms. The van der Waals surface area contributed by atoms with Crippen LogP contribution < -0.4 is 5.32 Å².